The largest absolute Gasteiger partial charge is 0.493 e. The van der Waals surface area contributed by atoms with Crippen LogP contribution in [0.3, 0.4) is 0 Å². The monoisotopic (exact) mass is 371 g/mol. The molecule has 0 unspecified atom stereocenters. The number of hydrogen-bond donors (Lipinski definition) is 0. The van der Waals surface area contributed by atoms with Crippen molar-refractivity contribution < 1.29 is 9.15 Å². The van der Waals surface area contributed by atoms with E-state index in [9.17, 15) is 0 Å². The van der Waals surface area contributed by atoms with E-state index in [1.165, 1.54) is 5.56 Å². The van der Waals surface area contributed by atoms with Gasteiger partial charge in [-0.05, 0) is 54.4 Å². The molecule has 2 aromatic heterocycles. The Labute approximate surface area is 164 Å². The van der Waals surface area contributed by atoms with Crippen molar-refractivity contribution in [1.82, 2.24) is 15.2 Å². The van der Waals surface area contributed by atoms with E-state index in [4.69, 9.17) is 9.15 Å². The molecule has 2 heterocycles. The van der Waals surface area contributed by atoms with Crippen LogP contribution < -0.4 is 4.74 Å². The molecule has 0 amide bonds. The summed E-state index contributed by atoms with van der Waals surface area (Å²) >= 11 is 0. The molecule has 0 radical (unpaired) electrons. The molecule has 28 heavy (non-hydrogen) atoms. The lowest BCUT2D eigenvalue weighted by Gasteiger charge is -2.06. The maximum absolute atomic E-state index is 5.83. The van der Waals surface area contributed by atoms with Gasteiger partial charge in [0.05, 0.1) is 6.61 Å². The zero-order valence-electron chi connectivity index (χ0n) is 15.7. The van der Waals surface area contributed by atoms with Crippen LogP contribution in [-0.2, 0) is 12.8 Å². The first-order valence-corrected chi connectivity index (χ1v) is 9.38. The van der Waals surface area contributed by atoms with Crippen molar-refractivity contribution in [2.75, 3.05) is 6.61 Å². The number of benzene rings is 2. The second-order valence-electron chi connectivity index (χ2n) is 6.41. The molecule has 5 nitrogen and oxygen atoms in total. The number of nitrogens with zero attached hydrogens (tertiary/aromatic N) is 3. The average molecular weight is 371 g/mol. The Hall–Kier alpha value is -3.47. The highest BCUT2D eigenvalue weighted by molar-refractivity contribution is 5.58. The molecule has 0 saturated heterocycles. The van der Waals surface area contributed by atoms with Crippen molar-refractivity contribution in [3.8, 4) is 28.7 Å². The molecule has 0 fully saturated rings. The van der Waals surface area contributed by atoms with E-state index < -0.39 is 0 Å². The second-order valence-corrected chi connectivity index (χ2v) is 6.41. The fourth-order valence-electron chi connectivity index (χ4n) is 2.82. The Morgan fingerprint density at radius 2 is 1.54 bits per heavy atom. The summed E-state index contributed by atoms with van der Waals surface area (Å²) in [6, 6.07) is 21.6. The van der Waals surface area contributed by atoms with E-state index in [0.29, 0.717) is 18.4 Å². The highest BCUT2D eigenvalue weighted by Crippen LogP contribution is 2.25. The summed E-state index contributed by atoms with van der Waals surface area (Å²) in [5, 5.41) is 8.27. The van der Waals surface area contributed by atoms with E-state index in [1.807, 2.05) is 60.8 Å². The summed E-state index contributed by atoms with van der Waals surface area (Å²) in [6.07, 6.45) is 3.71. The van der Waals surface area contributed by atoms with Crippen molar-refractivity contribution in [1.29, 1.82) is 0 Å². The lowest BCUT2D eigenvalue weighted by atomic mass is 10.2. The molecule has 0 saturated carbocycles. The van der Waals surface area contributed by atoms with Crippen molar-refractivity contribution in [3.63, 3.8) is 0 Å². The van der Waals surface area contributed by atoms with Crippen LogP contribution in [0.5, 0.6) is 5.75 Å². The summed E-state index contributed by atoms with van der Waals surface area (Å²) in [7, 11) is 0. The quantitative estimate of drug-likeness (QED) is 0.458. The third-order valence-corrected chi connectivity index (χ3v) is 4.47. The minimum atomic E-state index is 0.491. The maximum Gasteiger partial charge on any atom is 0.248 e. The lowest BCUT2D eigenvalue weighted by Crippen LogP contribution is -2.03. The topological polar surface area (TPSA) is 61.0 Å². The normalized spacial score (nSPS) is 10.8. The van der Waals surface area contributed by atoms with Gasteiger partial charge in [0, 0.05) is 29.4 Å². The highest BCUT2D eigenvalue weighted by atomic mass is 16.5. The average Bonchev–Trinajstić information content (AvgIpc) is 3.26. The van der Waals surface area contributed by atoms with Gasteiger partial charge in [-0.3, -0.25) is 4.98 Å². The smallest absolute Gasteiger partial charge is 0.248 e. The Balaban J connectivity index is 1.35. The highest BCUT2D eigenvalue weighted by Gasteiger charge is 2.10. The molecule has 4 aromatic rings. The van der Waals surface area contributed by atoms with E-state index in [2.05, 4.69) is 34.2 Å². The van der Waals surface area contributed by atoms with E-state index >= 15 is 0 Å². The molecule has 0 aliphatic rings. The number of ether oxygens (including phenoxy) is 1. The first kappa shape index (κ1) is 17.9. The standard InChI is InChI=1S/C23H21N3O2/c1-2-17-8-11-20(24-16-17)14-15-27-21-12-9-19(10-13-21)23-26-25-22(28-23)18-6-4-3-5-7-18/h3-13,16H,2,14-15H2,1H3. The SMILES string of the molecule is CCc1ccc(CCOc2ccc(-c3nnc(-c4ccccc4)o3)cc2)nc1. The fraction of sp³-hybridized carbons (Fsp3) is 0.174. The van der Waals surface area contributed by atoms with Gasteiger partial charge in [-0.1, -0.05) is 31.2 Å². The van der Waals surface area contributed by atoms with Crippen LogP contribution in [0, 0.1) is 0 Å². The molecule has 0 atom stereocenters. The molecule has 140 valence electrons. The molecule has 0 bridgehead atoms. The van der Waals surface area contributed by atoms with Crippen molar-refractivity contribution in [2.45, 2.75) is 19.8 Å². The predicted molar refractivity (Wildman–Crippen MR) is 108 cm³/mol. The van der Waals surface area contributed by atoms with Crippen LogP contribution in [0.2, 0.25) is 0 Å². The van der Waals surface area contributed by atoms with Crippen LogP contribution >= 0.6 is 0 Å². The zero-order valence-corrected chi connectivity index (χ0v) is 15.7. The number of hydrogen-bond acceptors (Lipinski definition) is 5. The van der Waals surface area contributed by atoms with E-state index in [1.54, 1.807) is 0 Å². The van der Waals surface area contributed by atoms with Crippen LogP contribution in [0.4, 0.5) is 0 Å². The predicted octanol–water partition coefficient (Wildman–Crippen LogP) is 4.98. The number of aromatic nitrogens is 3. The van der Waals surface area contributed by atoms with Gasteiger partial charge in [0.25, 0.3) is 0 Å². The summed E-state index contributed by atoms with van der Waals surface area (Å²) < 4.78 is 11.6. The van der Waals surface area contributed by atoms with E-state index in [-0.39, 0.29) is 0 Å². The molecular weight excluding hydrogens is 350 g/mol. The Morgan fingerprint density at radius 3 is 2.18 bits per heavy atom. The molecule has 0 N–H and O–H groups in total. The van der Waals surface area contributed by atoms with E-state index in [0.717, 1.165) is 35.4 Å². The van der Waals surface area contributed by atoms with Gasteiger partial charge in [0.1, 0.15) is 5.75 Å². The Morgan fingerprint density at radius 1 is 0.821 bits per heavy atom. The Kier molecular flexibility index (Phi) is 5.43. The summed E-state index contributed by atoms with van der Waals surface area (Å²) in [6.45, 7) is 2.71. The minimum Gasteiger partial charge on any atom is -0.493 e. The first-order valence-electron chi connectivity index (χ1n) is 9.38. The van der Waals surface area contributed by atoms with Gasteiger partial charge in [0.2, 0.25) is 11.8 Å². The minimum absolute atomic E-state index is 0.491. The van der Waals surface area contributed by atoms with Gasteiger partial charge >= 0.3 is 0 Å². The lowest BCUT2D eigenvalue weighted by molar-refractivity contribution is 0.320. The summed E-state index contributed by atoms with van der Waals surface area (Å²) in [5.41, 5.74) is 4.05. The molecule has 0 spiro atoms. The third-order valence-electron chi connectivity index (χ3n) is 4.47. The molecule has 0 aliphatic carbocycles. The van der Waals surface area contributed by atoms with Crippen LogP contribution in [-0.4, -0.2) is 21.8 Å². The number of pyridine rings is 1. The van der Waals surface area contributed by atoms with Crippen LogP contribution in [0.1, 0.15) is 18.2 Å². The Bertz CT molecular complexity index is 1010. The van der Waals surface area contributed by atoms with Gasteiger partial charge < -0.3 is 9.15 Å². The first-order chi connectivity index (χ1) is 13.8. The van der Waals surface area contributed by atoms with Gasteiger partial charge in [-0.15, -0.1) is 10.2 Å². The van der Waals surface area contributed by atoms with Gasteiger partial charge in [0.15, 0.2) is 0 Å². The fourth-order valence-corrected chi connectivity index (χ4v) is 2.82. The molecule has 0 aliphatic heterocycles. The third kappa shape index (κ3) is 4.26. The zero-order chi connectivity index (χ0) is 19.2. The molecule has 2 aromatic carbocycles. The summed E-state index contributed by atoms with van der Waals surface area (Å²) in [4.78, 5) is 4.45. The summed E-state index contributed by atoms with van der Waals surface area (Å²) in [5.74, 6) is 1.81. The maximum atomic E-state index is 5.83. The molecule has 5 heteroatoms. The van der Waals surface area contributed by atoms with Crippen molar-refractivity contribution in [2.24, 2.45) is 0 Å². The van der Waals surface area contributed by atoms with Crippen molar-refractivity contribution in [3.05, 3.63) is 84.2 Å². The van der Waals surface area contributed by atoms with Crippen molar-refractivity contribution >= 4 is 0 Å². The van der Waals surface area contributed by atoms with Gasteiger partial charge in [-0.2, -0.15) is 0 Å². The number of rotatable bonds is 7. The van der Waals surface area contributed by atoms with Crippen LogP contribution in [0.25, 0.3) is 22.9 Å². The molecular formula is C23H21N3O2. The van der Waals surface area contributed by atoms with Gasteiger partial charge in [-0.25, -0.2) is 0 Å². The van der Waals surface area contributed by atoms with Crippen LogP contribution in [0.15, 0.2) is 77.3 Å². The molecule has 4 rings (SSSR count). The second kappa shape index (κ2) is 8.48. The number of aryl methyl sites for hydroxylation is 1.